The summed E-state index contributed by atoms with van der Waals surface area (Å²) in [5.74, 6) is 2.53. The Morgan fingerprint density at radius 1 is 1.17 bits per heavy atom. The van der Waals surface area contributed by atoms with E-state index in [0.29, 0.717) is 18.4 Å². The summed E-state index contributed by atoms with van der Waals surface area (Å²) in [5, 5.41) is 4.17. The van der Waals surface area contributed by atoms with E-state index >= 15 is 0 Å². The highest BCUT2D eigenvalue weighted by molar-refractivity contribution is 7.18. The van der Waals surface area contributed by atoms with Crippen molar-refractivity contribution in [1.82, 2.24) is 4.90 Å². The Morgan fingerprint density at radius 3 is 2.62 bits per heavy atom. The van der Waals surface area contributed by atoms with Crippen LogP contribution in [0.2, 0.25) is 4.34 Å². The van der Waals surface area contributed by atoms with Gasteiger partial charge in [0, 0.05) is 19.0 Å². The number of nitrogens with zero attached hydrogens (tertiary/aromatic N) is 2. The van der Waals surface area contributed by atoms with Crippen LogP contribution in [0, 0.1) is 17.8 Å². The standard InChI is InChI=1S/C18H21ClN2O2S/c19-17-2-1-16(24-17)14-8-15(23-20-14)18(22)21-9-12-4-10-3-11(5-12)7-13(21)6-10/h1-2,10-13,15H,3-9H2/t10-,11+,12?,13?,15-/m0/s1. The van der Waals surface area contributed by atoms with E-state index in [-0.39, 0.29) is 5.91 Å². The molecule has 0 spiro atoms. The molecular weight excluding hydrogens is 344 g/mol. The number of fused-ring (bicyclic) bond motifs is 1. The number of oxime groups is 1. The molecule has 5 atom stereocenters. The largest absolute Gasteiger partial charge is 0.382 e. The van der Waals surface area contributed by atoms with Crippen LogP contribution in [0.4, 0.5) is 0 Å². The average Bonchev–Trinajstić information content (AvgIpc) is 3.15. The highest BCUT2D eigenvalue weighted by atomic mass is 35.5. The molecule has 1 aromatic heterocycles. The van der Waals surface area contributed by atoms with Crippen molar-refractivity contribution >= 4 is 34.6 Å². The van der Waals surface area contributed by atoms with Gasteiger partial charge >= 0.3 is 0 Å². The molecule has 6 rings (SSSR count). The fourth-order valence-electron chi connectivity index (χ4n) is 5.36. The first-order valence-corrected chi connectivity index (χ1v) is 10.1. The summed E-state index contributed by atoms with van der Waals surface area (Å²) < 4.78 is 0.739. The van der Waals surface area contributed by atoms with Crippen molar-refractivity contribution in [2.24, 2.45) is 22.9 Å². The van der Waals surface area contributed by atoms with E-state index in [1.54, 1.807) is 0 Å². The Morgan fingerprint density at radius 2 is 1.92 bits per heavy atom. The monoisotopic (exact) mass is 364 g/mol. The molecular formula is C18H21ClN2O2S. The molecule has 4 fully saturated rings. The van der Waals surface area contributed by atoms with Gasteiger partial charge in [-0.15, -0.1) is 11.3 Å². The highest BCUT2D eigenvalue weighted by Gasteiger charge is 2.46. The molecule has 5 aliphatic rings. The van der Waals surface area contributed by atoms with Crippen LogP contribution in [0.3, 0.4) is 0 Å². The topological polar surface area (TPSA) is 41.9 Å². The Kier molecular flexibility index (Phi) is 3.63. The smallest absolute Gasteiger partial charge is 0.267 e. The first-order chi connectivity index (χ1) is 11.7. The van der Waals surface area contributed by atoms with Gasteiger partial charge in [0.25, 0.3) is 5.91 Å². The van der Waals surface area contributed by atoms with Gasteiger partial charge in [-0.1, -0.05) is 16.8 Å². The Bertz CT molecular complexity index is 689. The maximum absolute atomic E-state index is 13.1. The van der Waals surface area contributed by atoms with Crippen molar-refractivity contribution in [1.29, 1.82) is 0 Å². The number of thiophene rings is 1. The summed E-state index contributed by atoms with van der Waals surface area (Å²) in [7, 11) is 0. The van der Waals surface area contributed by atoms with E-state index in [4.69, 9.17) is 16.4 Å². The van der Waals surface area contributed by atoms with Crippen LogP contribution in [-0.4, -0.2) is 35.2 Å². The third-order valence-corrected chi connectivity index (χ3v) is 7.47. The van der Waals surface area contributed by atoms with E-state index < -0.39 is 6.10 Å². The fourth-order valence-corrected chi connectivity index (χ4v) is 6.40. The number of carbonyl (C=O) groups excluding carboxylic acids is 1. The van der Waals surface area contributed by atoms with Gasteiger partial charge in [-0.3, -0.25) is 4.79 Å². The van der Waals surface area contributed by atoms with Crippen LogP contribution >= 0.6 is 22.9 Å². The minimum atomic E-state index is -0.448. The lowest BCUT2D eigenvalue weighted by molar-refractivity contribution is -0.145. The van der Waals surface area contributed by atoms with Crippen LogP contribution in [-0.2, 0) is 9.63 Å². The summed E-state index contributed by atoms with van der Waals surface area (Å²) in [4.78, 5) is 21.8. The van der Waals surface area contributed by atoms with Gasteiger partial charge in [0.2, 0.25) is 6.10 Å². The van der Waals surface area contributed by atoms with E-state index in [0.717, 1.165) is 33.3 Å². The normalized spacial score (nSPS) is 37.3. The lowest BCUT2D eigenvalue weighted by Crippen LogP contribution is -2.46. The van der Waals surface area contributed by atoms with Crippen molar-refractivity contribution in [3.05, 3.63) is 21.3 Å². The Hall–Kier alpha value is -1.07. The molecule has 6 heteroatoms. The van der Waals surface area contributed by atoms with Crippen molar-refractivity contribution in [3.63, 3.8) is 0 Å². The van der Waals surface area contributed by atoms with Crippen LogP contribution in [0.15, 0.2) is 17.3 Å². The molecule has 24 heavy (non-hydrogen) atoms. The van der Waals surface area contributed by atoms with E-state index in [1.807, 2.05) is 12.1 Å². The average molecular weight is 365 g/mol. The Labute approximate surface area is 150 Å². The number of halogens is 1. The summed E-state index contributed by atoms with van der Waals surface area (Å²) in [6.07, 6.45) is 6.53. The molecule has 1 amide bonds. The molecule has 0 N–H and O–H groups in total. The van der Waals surface area contributed by atoms with Gasteiger partial charge in [0.15, 0.2) is 0 Å². The molecule has 2 saturated carbocycles. The number of amides is 1. The zero-order valence-electron chi connectivity index (χ0n) is 13.5. The predicted octanol–water partition coefficient (Wildman–Crippen LogP) is 3.93. The van der Waals surface area contributed by atoms with Gasteiger partial charge in [0.05, 0.1) is 9.21 Å². The fraction of sp³-hybridized carbons (Fsp3) is 0.667. The third-order valence-electron chi connectivity index (χ3n) is 6.19. The number of hydrogen-bond donors (Lipinski definition) is 0. The quantitative estimate of drug-likeness (QED) is 0.797. The van der Waals surface area contributed by atoms with Crippen LogP contribution < -0.4 is 0 Å². The van der Waals surface area contributed by atoms with Gasteiger partial charge in [-0.2, -0.15) is 0 Å². The summed E-state index contributed by atoms with van der Waals surface area (Å²) in [6, 6.07) is 4.25. The Balaban J connectivity index is 1.31. The minimum Gasteiger partial charge on any atom is -0.382 e. The molecule has 128 valence electrons. The number of hydrogen-bond acceptors (Lipinski definition) is 4. The molecule has 0 aromatic carbocycles. The van der Waals surface area contributed by atoms with Crippen LogP contribution in [0.5, 0.6) is 0 Å². The van der Waals surface area contributed by atoms with Gasteiger partial charge in [0.1, 0.15) is 5.71 Å². The van der Waals surface area contributed by atoms with E-state index in [2.05, 4.69) is 10.1 Å². The molecule has 2 unspecified atom stereocenters. The van der Waals surface area contributed by atoms with Gasteiger partial charge in [-0.25, -0.2) is 0 Å². The molecule has 4 heterocycles. The van der Waals surface area contributed by atoms with Crippen molar-refractivity contribution in [2.75, 3.05) is 6.54 Å². The lowest BCUT2D eigenvalue weighted by Gasteiger charge is -2.39. The molecule has 0 radical (unpaired) electrons. The van der Waals surface area contributed by atoms with Crippen molar-refractivity contribution < 1.29 is 9.63 Å². The minimum absolute atomic E-state index is 0.148. The first kappa shape index (κ1) is 15.2. The molecule has 4 nitrogen and oxygen atoms in total. The molecule has 4 bridgehead atoms. The second kappa shape index (κ2) is 5.73. The highest BCUT2D eigenvalue weighted by Crippen LogP contribution is 2.47. The summed E-state index contributed by atoms with van der Waals surface area (Å²) >= 11 is 7.49. The molecule has 1 aromatic rings. The van der Waals surface area contributed by atoms with Crippen molar-refractivity contribution in [3.8, 4) is 0 Å². The van der Waals surface area contributed by atoms with Crippen LogP contribution in [0.25, 0.3) is 0 Å². The van der Waals surface area contributed by atoms with Crippen LogP contribution in [0.1, 0.15) is 43.4 Å². The maximum atomic E-state index is 13.1. The van der Waals surface area contributed by atoms with E-state index in [1.165, 1.54) is 43.4 Å². The SMILES string of the molecule is O=C([C@@H]1CC(c2ccc(Cl)s2)=NO1)N1CC2C[C@@H]3CC1C[C@H](C2)C3. The molecule has 2 aliphatic carbocycles. The number of rotatable bonds is 2. The number of carbonyl (C=O) groups is 1. The predicted molar refractivity (Wildman–Crippen MR) is 94.4 cm³/mol. The third kappa shape index (κ3) is 2.57. The summed E-state index contributed by atoms with van der Waals surface area (Å²) in [6.45, 7) is 0.927. The summed E-state index contributed by atoms with van der Waals surface area (Å²) in [5.41, 5.74) is 0.853. The molecule has 2 saturated heterocycles. The second-order valence-corrected chi connectivity index (χ2v) is 9.58. The zero-order chi connectivity index (χ0) is 16.3. The molecule has 3 aliphatic heterocycles. The lowest BCUT2D eigenvalue weighted by atomic mass is 9.68. The maximum Gasteiger partial charge on any atom is 0.267 e. The van der Waals surface area contributed by atoms with Crippen molar-refractivity contribution in [2.45, 2.75) is 50.7 Å². The second-order valence-electron chi connectivity index (χ2n) is 7.86. The zero-order valence-corrected chi connectivity index (χ0v) is 15.1. The first-order valence-electron chi connectivity index (χ1n) is 8.94. The van der Waals surface area contributed by atoms with Gasteiger partial charge in [-0.05, 0) is 62.0 Å². The van der Waals surface area contributed by atoms with Gasteiger partial charge < -0.3 is 9.74 Å². The van der Waals surface area contributed by atoms with E-state index in [9.17, 15) is 4.79 Å².